The van der Waals surface area contributed by atoms with E-state index in [-0.39, 0.29) is 0 Å². The summed E-state index contributed by atoms with van der Waals surface area (Å²) in [5, 5.41) is 0. The van der Waals surface area contributed by atoms with Crippen molar-refractivity contribution in [1.82, 2.24) is 4.90 Å². The molecule has 1 aromatic carbocycles. The first-order chi connectivity index (χ1) is 8.03. The summed E-state index contributed by atoms with van der Waals surface area (Å²) in [5.74, 6) is 0. The molecule has 0 aliphatic carbocycles. The Morgan fingerprint density at radius 2 is 1.88 bits per heavy atom. The van der Waals surface area contributed by atoms with Crippen molar-refractivity contribution in [2.75, 3.05) is 13.1 Å². The monoisotopic (exact) mass is 245 g/mol. The van der Waals surface area contributed by atoms with Crippen LogP contribution in [0.1, 0.15) is 12.0 Å². The minimum Gasteiger partial charge on any atom is -0.295 e. The molecule has 1 aliphatic heterocycles. The van der Waals surface area contributed by atoms with Gasteiger partial charge in [0.1, 0.15) is 0 Å². The van der Waals surface area contributed by atoms with Crippen LogP contribution in [0.25, 0.3) is 0 Å². The molecule has 0 atom stereocenters. The fourth-order valence-electron chi connectivity index (χ4n) is 2.45. The maximum Gasteiger partial charge on any atom is 0.0687 e. The highest BCUT2D eigenvalue weighted by Gasteiger charge is 2.19. The van der Waals surface area contributed by atoms with E-state index < -0.39 is 8.07 Å². The average molecular weight is 245 g/mol. The van der Waals surface area contributed by atoms with Crippen LogP contribution in [0, 0.1) is 0 Å². The quantitative estimate of drug-likeness (QED) is 0.734. The first-order valence-corrected chi connectivity index (χ1v) is 10.1. The highest BCUT2D eigenvalue weighted by molar-refractivity contribution is 6.81. The second kappa shape index (κ2) is 5.19. The van der Waals surface area contributed by atoms with Gasteiger partial charge in [0.2, 0.25) is 0 Å². The van der Waals surface area contributed by atoms with E-state index >= 15 is 0 Å². The van der Waals surface area contributed by atoms with Crippen molar-refractivity contribution >= 4 is 8.07 Å². The van der Waals surface area contributed by atoms with E-state index in [4.69, 9.17) is 0 Å². The fourth-order valence-corrected chi connectivity index (χ4v) is 3.91. The molecule has 1 aromatic rings. The highest BCUT2D eigenvalue weighted by Crippen LogP contribution is 2.20. The Morgan fingerprint density at radius 1 is 1.18 bits per heavy atom. The van der Waals surface area contributed by atoms with E-state index in [0.29, 0.717) is 0 Å². The van der Waals surface area contributed by atoms with Crippen LogP contribution in [0.5, 0.6) is 0 Å². The molecular formula is C15H23NSi. The molecule has 1 saturated heterocycles. The van der Waals surface area contributed by atoms with Gasteiger partial charge in [-0.15, -0.1) is 0 Å². The summed E-state index contributed by atoms with van der Waals surface area (Å²) < 4.78 is 0. The molecule has 0 N–H and O–H groups in total. The lowest BCUT2D eigenvalue weighted by molar-refractivity contribution is 0.337. The molecule has 2 rings (SSSR count). The predicted octanol–water partition coefficient (Wildman–Crippen LogP) is 3.70. The number of hydrogen-bond acceptors (Lipinski definition) is 1. The molecule has 0 radical (unpaired) electrons. The van der Waals surface area contributed by atoms with Gasteiger partial charge in [-0.25, -0.2) is 0 Å². The van der Waals surface area contributed by atoms with Crippen LogP contribution in [-0.2, 0) is 6.54 Å². The first-order valence-electron chi connectivity index (χ1n) is 6.50. The van der Waals surface area contributed by atoms with Crippen LogP contribution >= 0.6 is 0 Å². The highest BCUT2D eigenvalue weighted by atomic mass is 28.3. The standard InChI is InChI=1S/C15H23NSi/c1-17(2,3)13-15-9-10-16(12-15)11-14-7-5-4-6-8-14/h4-8,13H,9-12H2,1-3H3/b15-13+. The normalized spacial score (nSPS) is 20.1. The Morgan fingerprint density at radius 3 is 2.53 bits per heavy atom. The van der Waals surface area contributed by atoms with Gasteiger partial charge in [0, 0.05) is 19.6 Å². The first kappa shape index (κ1) is 12.6. The number of likely N-dealkylation sites (tertiary alicyclic amines) is 1. The molecule has 1 aliphatic rings. The Hall–Kier alpha value is -0.863. The van der Waals surface area contributed by atoms with E-state index in [1.165, 1.54) is 25.1 Å². The molecule has 0 spiro atoms. The van der Waals surface area contributed by atoms with Crippen LogP contribution in [0.3, 0.4) is 0 Å². The zero-order valence-corrected chi connectivity index (χ0v) is 12.2. The van der Waals surface area contributed by atoms with Gasteiger partial charge in [0.25, 0.3) is 0 Å². The summed E-state index contributed by atoms with van der Waals surface area (Å²) >= 11 is 0. The number of nitrogens with zero attached hydrogens (tertiary/aromatic N) is 1. The number of rotatable bonds is 3. The van der Waals surface area contributed by atoms with Crippen LogP contribution in [-0.4, -0.2) is 26.1 Å². The van der Waals surface area contributed by atoms with Gasteiger partial charge in [-0.05, 0) is 12.0 Å². The predicted molar refractivity (Wildman–Crippen MR) is 77.8 cm³/mol. The second-order valence-electron chi connectivity index (χ2n) is 6.11. The van der Waals surface area contributed by atoms with Crippen LogP contribution in [0.15, 0.2) is 41.6 Å². The molecule has 17 heavy (non-hydrogen) atoms. The SMILES string of the molecule is C[Si](C)(C)/C=C1\CCN(Cc2ccccc2)C1. The largest absolute Gasteiger partial charge is 0.295 e. The van der Waals surface area contributed by atoms with Gasteiger partial charge < -0.3 is 0 Å². The summed E-state index contributed by atoms with van der Waals surface area (Å²) in [4.78, 5) is 2.56. The molecule has 0 aromatic heterocycles. The van der Waals surface area contributed by atoms with Crippen molar-refractivity contribution in [3.63, 3.8) is 0 Å². The molecule has 0 unspecified atom stereocenters. The van der Waals surface area contributed by atoms with Gasteiger partial charge in [0.15, 0.2) is 0 Å². The van der Waals surface area contributed by atoms with Crippen molar-refractivity contribution in [2.24, 2.45) is 0 Å². The van der Waals surface area contributed by atoms with Crippen LogP contribution in [0.4, 0.5) is 0 Å². The molecular weight excluding hydrogens is 222 g/mol. The third-order valence-electron chi connectivity index (χ3n) is 3.06. The van der Waals surface area contributed by atoms with Gasteiger partial charge in [-0.2, -0.15) is 0 Å². The zero-order chi connectivity index (χ0) is 12.3. The van der Waals surface area contributed by atoms with Crippen molar-refractivity contribution in [1.29, 1.82) is 0 Å². The van der Waals surface area contributed by atoms with Crippen molar-refractivity contribution in [3.8, 4) is 0 Å². The number of hydrogen-bond donors (Lipinski definition) is 0. The Bertz CT molecular complexity index is 389. The van der Waals surface area contributed by atoms with Crippen LogP contribution < -0.4 is 0 Å². The maximum absolute atomic E-state index is 2.58. The molecule has 0 saturated carbocycles. The van der Waals surface area contributed by atoms with Gasteiger partial charge >= 0.3 is 0 Å². The Labute approximate surface area is 106 Å². The van der Waals surface area contributed by atoms with Gasteiger partial charge in [0.05, 0.1) is 8.07 Å². The molecule has 1 fully saturated rings. The third-order valence-corrected chi connectivity index (χ3v) is 4.34. The minimum atomic E-state index is -1.03. The number of benzene rings is 1. The summed E-state index contributed by atoms with van der Waals surface area (Å²) in [6.45, 7) is 10.8. The zero-order valence-electron chi connectivity index (χ0n) is 11.2. The molecule has 1 nitrogen and oxygen atoms in total. The lowest BCUT2D eigenvalue weighted by Gasteiger charge is -2.15. The van der Waals surface area contributed by atoms with Crippen molar-refractivity contribution in [3.05, 3.63) is 47.2 Å². The second-order valence-corrected chi connectivity index (χ2v) is 11.1. The lowest BCUT2D eigenvalue weighted by Crippen LogP contribution is -2.20. The maximum atomic E-state index is 2.58. The summed E-state index contributed by atoms with van der Waals surface area (Å²) in [6.07, 6.45) is 1.27. The fraction of sp³-hybridized carbons (Fsp3) is 0.467. The Kier molecular flexibility index (Phi) is 3.85. The molecule has 0 bridgehead atoms. The smallest absolute Gasteiger partial charge is 0.0687 e. The van der Waals surface area contributed by atoms with Gasteiger partial charge in [-0.1, -0.05) is 61.2 Å². The van der Waals surface area contributed by atoms with Crippen molar-refractivity contribution < 1.29 is 0 Å². The molecule has 92 valence electrons. The van der Waals surface area contributed by atoms with E-state index in [1.54, 1.807) is 5.57 Å². The van der Waals surface area contributed by atoms with E-state index in [1.807, 2.05) is 0 Å². The topological polar surface area (TPSA) is 3.24 Å². The van der Waals surface area contributed by atoms with Crippen molar-refractivity contribution in [2.45, 2.75) is 32.6 Å². The molecule has 2 heteroatoms. The third kappa shape index (κ3) is 4.13. The van der Waals surface area contributed by atoms with E-state index in [2.05, 4.69) is 60.6 Å². The minimum absolute atomic E-state index is 1.03. The Balaban J connectivity index is 1.93. The summed E-state index contributed by atoms with van der Waals surface area (Å²) in [7, 11) is -1.03. The van der Waals surface area contributed by atoms with E-state index in [9.17, 15) is 0 Å². The molecule has 1 heterocycles. The summed E-state index contributed by atoms with van der Waals surface area (Å²) in [6, 6.07) is 10.8. The average Bonchev–Trinajstić information content (AvgIpc) is 2.64. The van der Waals surface area contributed by atoms with E-state index in [0.717, 1.165) is 6.54 Å². The summed E-state index contributed by atoms with van der Waals surface area (Å²) in [5.41, 5.74) is 5.68. The van der Waals surface area contributed by atoms with Gasteiger partial charge in [-0.3, -0.25) is 4.90 Å². The van der Waals surface area contributed by atoms with Crippen LogP contribution in [0.2, 0.25) is 19.6 Å². The molecule has 0 amide bonds. The lowest BCUT2D eigenvalue weighted by atomic mass is 10.2.